The number of cyclic esters (lactones) is 1. The zero-order chi connectivity index (χ0) is 21.8. The van der Waals surface area contributed by atoms with Crippen molar-refractivity contribution in [2.24, 2.45) is 4.99 Å². The van der Waals surface area contributed by atoms with Gasteiger partial charge in [0, 0.05) is 10.6 Å². The van der Waals surface area contributed by atoms with Crippen molar-refractivity contribution in [3.05, 3.63) is 100.0 Å². The van der Waals surface area contributed by atoms with Crippen LogP contribution in [0.2, 0.25) is 5.02 Å². The topological polar surface area (TPSA) is 57.1 Å². The monoisotopic (exact) mass is 437 g/mol. The van der Waals surface area contributed by atoms with E-state index in [2.05, 4.69) is 4.99 Å². The van der Waals surface area contributed by atoms with Crippen LogP contribution in [0.5, 0.6) is 11.5 Å². The van der Waals surface area contributed by atoms with E-state index in [0.29, 0.717) is 34.3 Å². The third-order valence-electron chi connectivity index (χ3n) is 4.49. The number of ether oxygens (including phenoxy) is 3. The van der Waals surface area contributed by atoms with Gasteiger partial charge in [0.1, 0.15) is 12.4 Å². The van der Waals surface area contributed by atoms with Gasteiger partial charge in [-0.25, -0.2) is 14.2 Å². The Hall–Kier alpha value is -3.64. The summed E-state index contributed by atoms with van der Waals surface area (Å²) in [6.07, 6.45) is 1.57. The summed E-state index contributed by atoms with van der Waals surface area (Å²) in [5.41, 5.74) is 2.13. The van der Waals surface area contributed by atoms with Crippen LogP contribution in [0, 0.1) is 5.82 Å². The SMILES string of the molecule is COc1cc(C=C2N=C(c3cccc(F)c3)OC2=O)ccc1OCc1ccc(Cl)cc1. The number of benzene rings is 3. The number of hydrogen-bond donors (Lipinski definition) is 0. The zero-order valence-corrected chi connectivity index (χ0v) is 17.2. The molecule has 1 aliphatic rings. The number of hydrogen-bond acceptors (Lipinski definition) is 5. The van der Waals surface area contributed by atoms with Gasteiger partial charge in [0.2, 0.25) is 5.90 Å². The van der Waals surface area contributed by atoms with Gasteiger partial charge in [0.15, 0.2) is 17.2 Å². The molecule has 0 aromatic heterocycles. The normalized spacial score (nSPS) is 14.4. The van der Waals surface area contributed by atoms with Crippen LogP contribution in [0.1, 0.15) is 16.7 Å². The minimum absolute atomic E-state index is 0.0608. The Morgan fingerprint density at radius 1 is 1.06 bits per heavy atom. The predicted octanol–water partition coefficient (Wildman–Crippen LogP) is 5.41. The van der Waals surface area contributed by atoms with Crippen LogP contribution in [-0.4, -0.2) is 19.0 Å². The Morgan fingerprint density at radius 2 is 1.87 bits per heavy atom. The Morgan fingerprint density at radius 3 is 2.61 bits per heavy atom. The molecule has 0 saturated carbocycles. The van der Waals surface area contributed by atoms with E-state index in [9.17, 15) is 9.18 Å². The summed E-state index contributed by atoms with van der Waals surface area (Å²) < 4.78 is 29.9. The van der Waals surface area contributed by atoms with Crippen LogP contribution >= 0.6 is 11.6 Å². The highest BCUT2D eigenvalue weighted by molar-refractivity contribution is 6.30. The molecule has 0 aliphatic carbocycles. The van der Waals surface area contributed by atoms with Crippen LogP contribution in [0.15, 0.2) is 77.4 Å². The van der Waals surface area contributed by atoms with Crippen LogP contribution < -0.4 is 9.47 Å². The van der Waals surface area contributed by atoms with Crippen LogP contribution in [-0.2, 0) is 16.1 Å². The number of carbonyl (C=O) groups is 1. The number of halogens is 2. The van der Waals surface area contributed by atoms with Crippen LogP contribution in [0.25, 0.3) is 6.08 Å². The number of esters is 1. The second kappa shape index (κ2) is 9.02. The maximum atomic E-state index is 13.4. The standard InChI is InChI=1S/C24H17ClFNO4/c1-29-22-12-16(7-10-21(22)30-14-15-5-8-18(25)9-6-15)11-20-24(28)31-23(27-20)17-3-2-4-19(26)13-17/h2-13H,14H2,1H3. The Labute approximate surface area is 183 Å². The van der Waals surface area contributed by atoms with Gasteiger partial charge in [-0.1, -0.05) is 35.9 Å². The molecule has 0 saturated heterocycles. The predicted molar refractivity (Wildman–Crippen MR) is 116 cm³/mol. The van der Waals surface area contributed by atoms with Gasteiger partial charge in [-0.3, -0.25) is 0 Å². The van der Waals surface area contributed by atoms with E-state index < -0.39 is 11.8 Å². The number of aliphatic imine (C=N–C) groups is 1. The van der Waals surface area contributed by atoms with Gasteiger partial charge in [-0.05, 0) is 59.7 Å². The van der Waals surface area contributed by atoms with Crippen molar-refractivity contribution in [1.82, 2.24) is 0 Å². The molecule has 0 spiro atoms. The summed E-state index contributed by atoms with van der Waals surface area (Å²) in [6.45, 7) is 0.349. The number of nitrogens with zero attached hydrogens (tertiary/aromatic N) is 1. The summed E-state index contributed by atoms with van der Waals surface area (Å²) in [5.74, 6) is 0.0705. The molecule has 0 N–H and O–H groups in total. The molecule has 0 atom stereocenters. The highest BCUT2D eigenvalue weighted by Gasteiger charge is 2.24. The molecule has 156 valence electrons. The van der Waals surface area contributed by atoms with Crippen molar-refractivity contribution in [1.29, 1.82) is 0 Å². The summed E-state index contributed by atoms with van der Waals surface area (Å²) in [4.78, 5) is 16.4. The molecule has 3 aromatic rings. The van der Waals surface area contributed by atoms with Crippen molar-refractivity contribution < 1.29 is 23.4 Å². The smallest absolute Gasteiger partial charge is 0.363 e. The first kappa shape index (κ1) is 20.6. The van der Waals surface area contributed by atoms with Crippen molar-refractivity contribution >= 4 is 29.5 Å². The highest BCUT2D eigenvalue weighted by atomic mass is 35.5. The molecule has 0 bridgehead atoms. The summed E-state index contributed by atoms with van der Waals surface area (Å²) in [6, 6.07) is 18.3. The van der Waals surface area contributed by atoms with E-state index in [4.69, 9.17) is 25.8 Å². The molecule has 0 unspecified atom stereocenters. The third-order valence-corrected chi connectivity index (χ3v) is 4.74. The molecular formula is C24H17ClFNO4. The minimum Gasteiger partial charge on any atom is -0.493 e. The van der Waals surface area contributed by atoms with E-state index in [-0.39, 0.29) is 11.6 Å². The molecule has 1 aliphatic heterocycles. The molecule has 31 heavy (non-hydrogen) atoms. The van der Waals surface area contributed by atoms with Gasteiger partial charge in [0.25, 0.3) is 0 Å². The summed E-state index contributed by atoms with van der Waals surface area (Å²) in [5, 5.41) is 0.660. The van der Waals surface area contributed by atoms with E-state index in [1.54, 1.807) is 42.5 Å². The van der Waals surface area contributed by atoms with Crippen molar-refractivity contribution in [3.8, 4) is 11.5 Å². The summed E-state index contributed by atoms with van der Waals surface area (Å²) >= 11 is 5.90. The molecular weight excluding hydrogens is 421 g/mol. The quantitative estimate of drug-likeness (QED) is 0.382. The first-order chi connectivity index (χ1) is 15.0. The Kier molecular flexibility index (Phi) is 6.00. The average molecular weight is 438 g/mol. The summed E-state index contributed by atoms with van der Waals surface area (Å²) in [7, 11) is 1.53. The third kappa shape index (κ3) is 4.92. The highest BCUT2D eigenvalue weighted by Crippen LogP contribution is 2.30. The minimum atomic E-state index is -0.610. The number of methoxy groups -OCH3 is 1. The van der Waals surface area contributed by atoms with Gasteiger partial charge in [0.05, 0.1) is 7.11 Å². The van der Waals surface area contributed by atoms with Crippen molar-refractivity contribution in [3.63, 3.8) is 0 Å². The lowest BCUT2D eigenvalue weighted by atomic mass is 10.1. The molecule has 0 fully saturated rings. The number of rotatable bonds is 6. The van der Waals surface area contributed by atoms with Crippen molar-refractivity contribution in [2.45, 2.75) is 6.61 Å². The van der Waals surface area contributed by atoms with Gasteiger partial charge in [-0.2, -0.15) is 0 Å². The van der Waals surface area contributed by atoms with Crippen LogP contribution in [0.4, 0.5) is 4.39 Å². The lowest BCUT2D eigenvalue weighted by Crippen LogP contribution is -2.05. The maximum absolute atomic E-state index is 13.4. The lowest BCUT2D eigenvalue weighted by Gasteiger charge is -2.11. The lowest BCUT2D eigenvalue weighted by molar-refractivity contribution is -0.129. The molecule has 3 aromatic carbocycles. The van der Waals surface area contributed by atoms with Crippen molar-refractivity contribution in [2.75, 3.05) is 7.11 Å². The van der Waals surface area contributed by atoms with E-state index in [0.717, 1.165) is 5.56 Å². The molecule has 0 amide bonds. The van der Waals surface area contributed by atoms with E-state index in [1.807, 2.05) is 12.1 Å². The average Bonchev–Trinajstić information content (AvgIpc) is 3.14. The molecule has 1 heterocycles. The molecule has 4 rings (SSSR count). The fourth-order valence-electron chi connectivity index (χ4n) is 2.95. The second-order valence-electron chi connectivity index (χ2n) is 6.67. The fourth-order valence-corrected chi connectivity index (χ4v) is 3.07. The first-order valence-corrected chi connectivity index (χ1v) is 9.73. The molecule has 7 heteroatoms. The second-order valence-corrected chi connectivity index (χ2v) is 7.11. The fraction of sp³-hybridized carbons (Fsp3) is 0.0833. The Balaban J connectivity index is 1.53. The van der Waals surface area contributed by atoms with Gasteiger partial charge in [-0.15, -0.1) is 0 Å². The molecule has 0 radical (unpaired) electrons. The number of carbonyl (C=O) groups excluding carboxylic acids is 1. The Bertz CT molecular complexity index is 1190. The largest absolute Gasteiger partial charge is 0.493 e. The van der Waals surface area contributed by atoms with E-state index in [1.165, 1.54) is 25.3 Å². The first-order valence-electron chi connectivity index (χ1n) is 9.35. The van der Waals surface area contributed by atoms with Gasteiger partial charge >= 0.3 is 5.97 Å². The van der Waals surface area contributed by atoms with Crippen LogP contribution in [0.3, 0.4) is 0 Å². The van der Waals surface area contributed by atoms with E-state index >= 15 is 0 Å². The molecule has 5 nitrogen and oxygen atoms in total. The van der Waals surface area contributed by atoms with Gasteiger partial charge < -0.3 is 14.2 Å². The zero-order valence-electron chi connectivity index (χ0n) is 16.5. The maximum Gasteiger partial charge on any atom is 0.363 e.